The van der Waals surface area contributed by atoms with Gasteiger partial charge in [0.15, 0.2) is 0 Å². The summed E-state index contributed by atoms with van der Waals surface area (Å²) in [7, 11) is 0. The highest BCUT2D eigenvalue weighted by molar-refractivity contribution is 7.10. The SMILES string of the molecule is Cc1nc(C)c(CCC(=O)N[C@@H](c2cccs2)C(C)C)c(=O)[nH]1. The lowest BCUT2D eigenvalue weighted by molar-refractivity contribution is -0.122. The van der Waals surface area contributed by atoms with Crippen LogP contribution in [-0.4, -0.2) is 15.9 Å². The zero-order chi connectivity index (χ0) is 17.0. The highest BCUT2D eigenvalue weighted by atomic mass is 32.1. The zero-order valence-electron chi connectivity index (χ0n) is 14.0. The molecule has 0 radical (unpaired) electrons. The third-order valence-corrected chi connectivity index (χ3v) is 4.73. The van der Waals surface area contributed by atoms with E-state index in [1.807, 2.05) is 17.5 Å². The van der Waals surface area contributed by atoms with Crippen LogP contribution in [0.2, 0.25) is 0 Å². The molecule has 0 unspecified atom stereocenters. The molecule has 2 aromatic rings. The van der Waals surface area contributed by atoms with Crippen molar-refractivity contribution < 1.29 is 4.79 Å². The van der Waals surface area contributed by atoms with Crippen molar-refractivity contribution in [3.63, 3.8) is 0 Å². The molecule has 0 saturated carbocycles. The van der Waals surface area contributed by atoms with Crippen molar-refractivity contribution in [3.8, 4) is 0 Å². The molecule has 0 spiro atoms. The van der Waals surface area contributed by atoms with Gasteiger partial charge < -0.3 is 10.3 Å². The Balaban J connectivity index is 2.01. The predicted octanol–water partition coefficient (Wildman–Crippen LogP) is 2.89. The zero-order valence-corrected chi connectivity index (χ0v) is 14.8. The number of aromatic amines is 1. The summed E-state index contributed by atoms with van der Waals surface area (Å²) in [6, 6.07) is 4.04. The minimum Gasteiger partial charge on any atom is -0.348 e. The fourth-order valence-corrected chi connectivity index (χ4v) is 3.51. The number of H-pyrrole nitrogens is 1. The second-order valence-electron chi connectivity index (χ2n) is 6.02. The first-order chi connectivity index (χ1) is 10.9. The lowest BCUT2D eigenvalue weighted by atomic mass is 10.0. The van der Waals surface area contributed by atoms with Gasteiger partial charge >= 0.3 is 0 Å². The Morgan fingerprint density at radius 3 is 2.70 bits per heavy atom. The third-order valence-electron chi connectivity index (χ3n) is 3.78. The second-order valence-corrected chi connectivity index (χ2v) is 7.00. The van der Waals surface area contributed by atoms with E-state index in [0.717, 1.165) is 4.88 Å². The molecule has 0 aliphatic rings. The van der Waals surface area contributed by atoms with Gasteiger partial charge in [-0.05, 0) is 37.6 Å². The second kappa shape index (κ2) is 7.55. The Hall–Kier alpha value is -1.95. The number of carbonyl (C=O) groups is 1. The fraction of sp³-hybridized carbons (Fsp3) is 0.471. The van der Waals surface area contributed by atoms with Crippen LogP contribution in [0.15, 0.2) is 22.3 Å². The minimum absolute atomic E-state index is 0.0121. The topological polar surface area (TPSA) is 74.8 Å². The number of amides is 1. The van der Waals surface area contributed by atoms with Gasteiger partial charge in [0.1, 0.15) is 5.82 Å². The van der Waals surface area contributed by atoms with Crippen LogP contribution in [0.5, 0.6) is 0 Å². The van der Waals surface area contributed by atoms with E-state index >= 15 is 0 Å². The van der Waals surface area contributed by atoms with Gasteiger partial charge in [0.2, 0.25) is 5.91 Å². The highest BCUT2D eigenvalue weighted by Crippen LogP contribution is 2.25. The van der Waals surface area contributed by atoms with Crippen molar-refractivity contribution in [1.82, 2.24) is 15.3 Å². The number of hydrogen-bond acceptors (Lipinski definition) is 4. The smallest absolute Gasteiger partial charge is 0.254 e. The minimum atomic E-state index is -0.151. The number of thiophene rings is 1. The molecule has 1 atom stereocenters. The maximum absolute atomic E-state index is 12.3. The van der Waals surface area contributed by atoms with Crippen LogP contribution in [0.3, 0.4) is 0 Å². The molecule has 1 amide bonds. The molecule has 23 heavy (non-hydrogen) atoms. The van der Waals surface area contributed by atoms with Gasteiger partial charge in [-0.2, -0.15) is 0 Å². The molecule has 0 aliphatic carbocycles. The summed E-state index contributed by atoms with van der Waals surface area (Å²) in [5, 5.41) is 5.09. The highest BCUT2D eigenvalue weighted by Gasteiger charge is 2.19. The van der Waals surface area contributed by atoms with Crippen LogP contribution in [-0.2, 0) is 11.2 Å². The summed E-state index contributed by atoms with van der Waals surface area (Å²) in [5.41, 5.74) is 1.13. The molecule has 0 aliphatic heterocycles. The van der Waals surface area contributed by atoms with E-state index < -0.39 is 0 Å². The Labute approximate surface area is 140 Å². The fourth-order valence-electron chi connectivity index (χ4n) is 2.56. The van der Waals surface area contributed by atoms with Gasteiger partial charge in [0, 0.05) is 22.6 Å². The average Bonchev–Trinajstić information content (AvgIpc) is 2.97. The quantitative estimate of drug-likeness (QED) is 0.853. The normalized spacial score (nSPS) is 12.4. The monoisotopic (exact) mass is 333 g/mol. The van der Waals surface area contributed by atoms with Crippen LogP contribution < -0.4 is 10.9 Å². The molecule has 2 heterocycles. The number of rotatable bonds is 6. The van der Waals surface area contributed by atoms with Crippen molar-refractivity contribution in [2.45, 2.75) is 46.6 Å². The van der Waals surface area contributed by atoms with Crippen LogP contribution in [0, 0.1) is 19.8 Å². The van der Waals surface area contributed by atoms with Crippen molar-refractivity contribution in [3.05, 3.63) is 49.8 Å². The first-order valence-corrected chi connectivity index (χ1v) is 8.65. The molecule has 124 valence electrons. The molecule has 0 fully saturated rings. The molecule has 0 bridgehead atoms. The van der Waals surface area contributed by atoms with Crippen LogP contribution in [0.25, 0.3) is 0 Å². The molecule has 5 nitrogen and oxygen atoms in total. The van der Waals surface area contributed by atoms with Crippen LogP contribution in [0.1, 0.15) is 48.3 Å². The number of aromatic nitrogens is 2. The molecule has 2 aromatic heterocycles. The van der Waals surface area contributed by atoms with Gasteiger partial charge in [0.25, 0.3) is 5.56 Å². The molecular weight excluding hydrogens is 310 g/mol. The van der Waals surface area contributed by atoms with E-state index in [4.69, 9.17) is 0 Å². The molecule has 0 saturated heterocycles. The summed E-state index contributed by atoms with van der Waals surface area (Å²) in [4.78, 5) is 32.3. The van der Waals surface area contributed by atoms with E-state index in [1.54, 1.807) is 25.2 Å². The van der Waals surface area contributed by atoms with Gasteiger partial charge in [-0.15, -0.1) is 11.3 Å². The maximum atomic E-state index is 12.3. The lowest BCUT2D eigenvalue weighted by Gasteiger charge is -2.21. The van der Waals surface area contributed by atoms with E-state index in [2.05, 4.69) is 29.1 Å². The van der Waals surface area contributed by atoms with Gasteiger partial charge in [0.05, 0.1) is 6.04 Å². The summed E-state index contributed by atoms with van der Waals surface area (Å²) in [5.74, 6) is 0.860. The van der Waals surface area contributed by atoms with E-state index in [9.17, 15) is 9.59 Å². The molecule has 0 aromatic carbocycles. The number of nitrogens with zero attached hydrogens (tertiary/aromatic N) is 1. The van der Waals surface area contributed by atoms with E-state index in [0.29, 0.717) is 29.4 Å². The molecule has 2 rings (SSSR count). The number of carbonyl (C=O) groups excluding carboxylic acids is 1. The number of nitrogens with one attached hydrogen (secondary N) is 2. The summed E-state index contributed by atoms with van der Waals surface area (Å²) >= 11 is 1.64. The van der Waals surface area contributed by atoms with Crippen LogP contribution >= 0.6 is 11.3 Å². The maximum Gasteiger partial charge on any atom is 0.254 e. The number of aryl methyl sites for hydroxylation is 2. The lowest BCUT2D eigenvalue weighted by Crippen LogP contribution is -2.32. The van der Waals surface area contributed by atoms with Crippen molar-refractivity contribution >= 4 is 17.2 Å². The molecule has 2 N–H and O–H groups in total. The summed E-state index contributed by atoms with van der Waals surface area (Å²) in [6.45, 7) is 7.73. The Bertz CT molecular complexity index is 720. The Morgan fingerprint density at radius 2 is 2.13 bits per heavy atom. The average molecular weight is 333 g/mol. The summed E-state index contributed by atoms with van der Waals surface area (Å²) in [6.07, 6.45) is 0.679. The molecular formula is C17H23N3O2S. The standard InChI is InChI=1S/C17H23N3O2S/c1-10(2)16(14-6-5-9-23-14)20-15(21)8-7-13-11(3)18-12(4)19-17(13)22/h5-6,9-10,16H,7-8H2,1-4H3,(H,20,21)(H,18,19,22)/t16-/m1/s1. The van der Waals surface area contributed by atoms with Gasteiger partial charge in [-0.25, -0.2) is 4.98 Å². The predicted molar refractivity (Wildman–Crippen MR) is 92.7 cm³/mol. The van der Waals surface area contributed by atoms with Gasteiger partial charge in [-0.1, -0.05) is 19.9 Å². The largest absolute Gasteiger partial charge is 0.348 e. The van der Waals surface area contributed by atoms with Crippen LogP contribution in [0.4, 0.5) is 0 Å². The van der Waals surface area contributed by atoms with Crippen molar-refractivity contribution in [2.75, 3.05) is 0 Å². The Kier molecular flexibility index (Phi) is 5.71. The van der Waals surface area contributed by atoms with E-state index in [1.165, 1.54) is 0 Å². The first-order valence-electron chi connectivity index (χ1n) is 7.77. The number of hydrogen-bond donors (Lipinski definition) is 2. The van der Waals surface area contributed by atoms with Crippen molar-refractivity contribution in [2.24, 2.45) is 5.92 Å². The van der Waals surface area contributed by atoms with E-state index in [-0.39, 0.29) is 23.9 Å². The molecule has 6 heteroatoms. The van der Waals surface area contributed by atoms with Gasteiger partial charge in [-0.3, -0.25) is 9.59 Å². The van der Waals surface area contributed by atoms with Crippen molar-refractivity contribution in [1.29, 1.82) is 0 Å². The third kappa shape index (κ3) is 4.51. The first kappa shape index (κ1) is 17.4. The Morgan fingerprint density at radius 1 is 1.39 bits per heavy atom. The summed E-state index contributed by atoms with van der Waals surface area (Å²) < 4.78 is 0.